The molecular weight excluding hydrogens is 506 g/mol. The van der Waals surface area contributed by atoms with Crippen LogP contribution >= 0.6 is 0 Å². The minimum atomic E-state index is -5.02. The number of nitrogens with zero attached hydrogens (tertiary/aromatic N) is 1. The van der Waals surface area contributed by atoms with Crippen LogP contribution in [-0.4, -0.2) is 36.0 Å². The van der Waals surface area contributed by atoms with Crippen LogP contribution in [0.5, 0.6) is 0 Å². The molecule has 1 amide bonds. The Morgan fingerprint density at radius 2 is 1.37 bits per heavy atom. The summed E-state index contributed by atoms with van der Waals surface area (Å²) in [7, 11) is 0. The second kappa shape index (κ2) is 11.6. The number of amides is 1. The molecule has 3 aromatic rings. The molecular formula is C29H28F6N2O. The molecule has 38 heavy (non-hydrogen) atoms. The van der Waals surface area contributed by atoms with Crippen LogP contribution in [0, 0.1) is 0 Å². The largest absolute Gasteiger partial charge is 0.416 e. The Kier molecular flexibility index (Phi) is 8.45. The van der Waals surface area contributed by atoms with Gasteiger partial charge in [-0.3, -0.25) is 4.79 Å². The molecule has 3 aromatic carbocycles. The molecule has 0 aliphatic carbocycles. The minimum absolute atomic E-state index is 0.0428. The maximum Gasteiger partial charge on any atom is 0.416 e. The summed E-state index contributed by atoms with van der Waals surface area (Å²) in [4.78, 5) is 14.9. The van der Waals surface area contributed by atoms with Gasteiger partial charge in [0, 0.05) is 24.2 Å². The molecule has 0 saturated carbocycles. The molecule has 202 valence electrons. The summed E-state index contributed by atoms with van der Waals surface area (Å²) >= 11 is 0. The van der Waals surface area contributed by atoms with Gasteiger partial charge in [0.2, 0.25) is 0 Å². The van der Waals surface area contributed by atoms with Crippen LogP contribution in [0.1, 0.15) is 45.5 Å². The van der Waals surface area contributed by atoms with Gasteiger partial charge in [0.1, 0.15) is 0 Å². The molecule has 1 N–H and O–H groups in total. The van der Waals surface area contributed by atoms with Gasteiger partial charge in [-0.1, -0.05) is 60.7 Å². The van der Waals surface area contributed by atoms with E-state index in [1.54, 1.807) is 0 Å². The quantitative estimate of drug-likeness (QED) is 0.339. The highest BCUT2D eigenvalue weighted by atomic mass is 19.4. The number of carbonyl (C=O) groups is 1. The maximum atomic E-state index is 13.4. The molecule has 1 heterocycles. The fraction of sp³-hybridized carbons (Fsp3) is 0.345. The average molecular weight is 535 g/mol. The third-order valence-corrected chi connectivity index (χ3v) is 6.81. The first-order valence-electron chi connectivity index (χ1n) is 12.4. The monoisotopic (exact) mass is 534 g/mol. The van der Waals surface area contributed by atoms with Crippen molar-refractivity contribution in [2.45, 2.75) is 50.1 Å². The lowest BCUT2D eigenvalue weighted by molar-refractivity contribution is -0.143. The van der Waals surface area contributed by atoms with Crippen molar-refractivity contribution in [3.05, 3.63) is 107 Å². The molecule has 0 bridgehead atoms. The lowest BCUT2D eigenvalue weighted by Gasteiger charge is -2.40. The van der Waals surface area contributed by atoms with Crippen LogP contribution in [0.2, 0.25) is 0 Å². The summed E-state index contributed by atoms with van der Waals surface area (Å²) in [5.74, 6) is -0.828. The van der Waals surface area contributed by atoms with Crippen LogP contribution < -0.4 is 5.32 Å². The van der Waals surface area contributed by atoms with E-state index >= 15 is 0 Å². The molecule has 1 aliphatic rings. The lowest BCUT2D eigenvalue weighted by atomic mass is 9.91. The van der Waals surface area contributed by atoms with E-state index in [1.165, 1.54) is 10.5 Å². The number of hydrogen-bond donors (Lipinski definition) is 1. The molecule has 4 rings (SSSR count). The highest BCUT2D eigenvalue weighted by molar-refractivity contribution is 5.95. The average Bonchev–Trinajstić information content (AvgIpc) is 2.88. The summed E-state index contributed by atoms with van der Waals surface area (Å²) < 4.78 is 80.4. The second-order valence-electron chi connectivity index (χ2n) is 9.55. The van der Waals surface area contributed by atoms with E-state index in [1.807, 2.05) is 60.7 Å². The maximum absolute atomic E-state index is 13.4. The third-order valence-electron chi connectivity index (χ3n) is 6.81. The van der Waals surface area contributed by atoms with Crippen LogP contribution in [0.4, 0.5) is 26.3 Å². The second-order valence-corrected chi connectivity index (χ2v) is 9.55. The first-order chi connectivity index (χ1) is 18.0. The standard InChI is InChI=1S/C29H28F6N2O/c30-28(31,32)23-16-22(17-24(18-23)29(33,34)35)27(38)37-14-12-25(36-13-11-20-7-3-1-4-8-20)19-26(37)15-21-9-5-2-6-10-21/h1-10,16-18,25-26,36H,11-15,19H2. The Labute approximate surface area is 217 Å². The topological polar surface area (TPSA) is 32.3 Å². The summed E-state index contributed by atoms with van der Waals surface area (Å²) in [6.45, 7) is 0.931. The Hall–Kier alpha value is -3.33. The molecule has 1 saturated heterocycles. The molecule has 9 heteroatoms. The highest BCUT2D eigenvalue weighted by Crippen LogP contribution is 2.37. The fourth-order valence-electron chi connectivity index (χ4n) is 4.89. The van der Waals surface area contributed by atoms with Crippen molar-refractivity contribution in [1.82, 2.24) is 10.2 Å². The van der Waals surface area contributed by atoms with E-state index < -0.39 is 41.0 Å². The Morgan fingerprint density at radius 3 is 1.92 bits per heavy atom. The Bertz CT molecular complexity index is 1180. The lowest BCUT2D eigenvalue weighted by Crippen LogP contribution is -2.52. The smallest absolute Gasteiger partial charge is 0.335 e. The highest BCUT2D eigenvalue weighted by Gasteiger charge is 2.39. The van der Waals surface area contributed by atoms with Crippen LogP contribution in [-0.2, 0) is 25.2 Å². The fourth-order valence-corrected chi connectivity index (χ4v) is 4.89. The molecule has 1 fully saturated rings. The van der Waals surface area contributed by atoms with E-state index in [4.69, 9.17) is 0 Å². The zero-order chi connectivity index (χ0) is 27.3. The van der Waals surface area contributed by atoms with Crippen molar-refractivity contribution in [2.24, 2.45) is 0 Å². The summed E-state index contributed by atoms with van der Waals surface area (Å²) in [6.07, 6.45) is -7.72. The first kappa shape index (κ1) is 27.7. The number of halogens is 6. The van der Waals surface area contributed by atoms with Gasteiger partial charge in [0.05, 0.1) is 11.1 Å². The third kappa shape index (κ3) is 7.16. The van der Waals surface area contributed by atoms with Gasteiger partial charge in [-0.2, -0.15) is 26.3 Å². The Morgan fingerprint density at radius 1 is 0.816 bits per heavy atom. The van der Waals surface area contributed by atoms with E-state index in [2.05, 4.69) is 5.32 Å². The Balaban J connectivity index is 1.55. The number of alkyl halides is 6. The van der Waals surface area contributed by atoms with Gasteiger partial charge in [-0.15, -0.1) is 0 Å². The summed E-state index contributed by atoms with van der Waals surface area (Å²) in [5, 5.41) is 3.51. The molecule has 3 nitrogen and oxygen atoms in total. The number of hydrogen-bond acceptors (Lipinski definition) is 2. The predicted octanol–water partition coefficient (Wildman–Crippen LogP) is 6.77. The molecule has 0 aromatic heterocycles. The van der Waals surface area contributed by atoms with Gasteiger partial charge in [-0.25, -0.2) is 0 Å². The number of piperidine rings is 1. The first-order valence-corrected chi connectivity index (χ1v) is 12.4. The molecule has 0 spiro atoms. The van der Waals surface area contributed by atoms with Crippen molar-refractivity contribution in [2.75, 3.05) is 13.1 Å². The van der Waals surface area contributed by atoms with Gasteiger partial charge in [0.25, 0.3) is 5.91 Å². The van der Waals surface area contributed by atoms with Crippen molar-refractivity contribution >= 4 is 5.91 Å². The van der Waals surface area contributed by atoms with Gasteiger partial charge < -0.3 is 10.2 Å². The van der Waals surface area contributed by atoms with E-state index in [0.29, 0.717) is 37.9 Å². The van der Waals surface area contributed by atoms with E-state index in [0.717, 1.165) is 12.0 Å². The number of likely N-dealkylation sites (tertiary alicyclic amines) is 1. The van der Waals surface area contributed by atoms with E-state index in [9.17, 15) is 31.1 Å². The normalized spacial score (nSPS) is 18.4. The SMILES string of the molecule is O=C(c1cc(C(F)(F)F)cc(C(F)(F)F)c1)N1CCC(NCCc2ccccc2)CC1Cc1ccccc1. The number of carbonyl (C=O) groups excluding carboxylic acids is 1. The van der Waals surface area contributed by atoms with Crippen LogP contribution in [0.15, 0.2) is 78.9 Å². The van der Waals surface area contributed by atoms with Crippen LogP contribution in [0.3, 0.4) is 0 Å². The van der Waals surface area contributed by atoms with Gasteiger partial charge in [-0.05, 0) is 61.6 Å². The molecule has 0 radical (unpaired) electrons. The van der Waals surface area contributed by atoms with Crippen molar-refractivity contribution in [3.63, 3.8) is 0 Å². The summed E-state index contributed by atoms with van der Waals surface area (Å²) in [6, 6.07) is 20.0. The molecule has 2 unspecified atom stereocenters. The summed E-state index contributed by atoms with van der Waals surface area (Å²) in [5.41, 5.74) is -1.49. The molecule has 2 atom stereocenters. The zero-order valence-electron chi connectivity index (χ0n) is 20.5. The van der Waals surface area contributed by atoms with E-state index in [-0.39, 0.29) is 18.7 Å². The number of benzene rings is 3. The van der Waals surface area contributed by atoms with Gasteiger partial charge >= 0.3 is 12.4 Å². The molecule has 1 aliphatic heterocycles. The van der Waals surface area contributed by atoms with Gasteiger partial charge in [0.15, 0.2) is 0 Å². The van der Waals surface area contributed by atoms with Crippen molar-refractivity contribution in [3.8, 4) is 0 Å². The van der Waals surface area contributed by atoms with Crippen molar-refractivity contribution in [1.29, 1.82) is 0 Å². The van der Waals surface area contributed by atoms with Crippen molar-refractivity contribution < 1.29 is 31.1 Å². The predicted molar refractivity (Wildman–Crippen MR) is 133 cm³/mol. The zero-order valence-corrected chi connectivity index (χ0v) is 20.5. The van der Waals surface area contributed by atoms with Crippen LogP contribution in [0.25, 0.3) is 0 Å². The minimum Gasteiger partial charge on any atom is -0.335 e. The number of nitrogens with one attached hydrogen (secondary N) is 1. The number of rotatable bonds is 7.